The van der Waals surface area contributed by atoms with Crippen LogP contribution in [0.4, 0.5) is 0 Å². The monoisotopic (exact) mass is 269 g/mol. The first-order valence-electron chi connectivity index (χ1n) is 5.18. The highest BCUT2D eigenvalue weighted by molar-refractivity contribution is 6.10. The van der Waals surface area contributed by atoms with E-state index in [9.17, 15) is 9.59 Å². The lowest BCUT2D eigenvalue weighted by Gasteiger charge is -2.10. The van der Waals surface area contributed by atoms with Gasteiger partial charge in [-0.1, -0.05) is 36.9 Å². The first kappa shape index (κ1) is 16.4. The van der Waals surface area contributed by atoms with Gasteiger partial charge in [0.05, 0.1) is 0 Å². The molecule has 0 spiro atoms. The topological polar surface area (TPSA) is 69.4 Å². The third-order valence-electron chi connectivity index (χ3n) is 2.18. The van der Waals surface area contributed by atoms with E-state index in [4.69, 9.17) is 10.5 Å². The molecule has 0 aromatic heterocycles. The highest BCUT2D eigenvalue weighted by Crippen LogP contribution is 2.03. The number of hydrogen-bond donors (Lipinski definition) is 1. The summed E-state index contributed by atoms with van der Waals surface area (Å²) >= 11 is 0. The zero-order valence-corrected chi connectivity index (χ0v) is 10.9. The predicted octanol–water partition coefficient (Wildman–Crippen LogP) is 1.62. The predicted molar refractivity (Wildman–Crippen MR) is 71.3 cm³/mol. The normalized spacial score (nSPS) is 11.0. The Labute approximate surface area is 112 Å². The molecule has 0 saturated carbocycles. The maximum absolute atomic E-state index is 11.5. The van der Waals surface area contributed by atoms with Crippen molar-refractivity contribution in [1.29, 1.82) is 0 Å². The molecule has 0 fully saturated rings. The van der Waals surface area contributed by atoms with Crippen LogP contribution in [-0.2, 0) is 20.9 Å². The summed E-state index contributed by atoms with van der Waals surface area (Å²) in [6.07, 6.45) is 0. The van der Waals surface area contributed by atoms with E-state index < -0.39 is 17.8 Å². The summed E-state index contributed by atoms with van der Waals surface area (Å²) in [5.74, 6) is -1.23. The van der Waals surface area contributed by atoms with Gasteiger partial charge in [-0.3, -0.25) is 4.79 Å². The molecule has 0 aliphatic carbocycles. The van der Waals surface area contributed by atoms with Crippen molar-refractivity contribution >= 4 is 24.2 Å². The van der Waals surface area contributed by atoms with E-state index >= 15 is 0 Å². The Hall–Kier alpha value is -1.65. The molecule has 1 aromatic carbocycles. The summed E-state index contributed by atoms with van der Waals surface area (Å²) in [7, 11) is 0. The lowest BCUT2D eigenvalue weighted by atomic mass is 10.1. The molecule has 18 heavy (non-hydrogen) atoms. The van der Waals surface area contributed by atoms with Crippen LogP contribution in [-0.4, -0.2) is 17.8 Å². The van der Waals surface area contributed by atoms with E-state index in [1.54, 1.807) is 0 Å². The molecule has 98 valence electrons. The number of esters is 1. The maximum atomic E-state index is 11.5. The van der Waals surface area contributed by atoms with Gasteiger partial charge in [-0.25, -0.2) is 4.79 Å². The van der Waals surface area contributed by atoms with Gasteiger partial charge < -0.3 is 10.5 Å². The van der Waals surface area contributed by atoms with Gasteiger partial charge in [0, 0.05) is 0 Å². The fraction of sp³-hybridized carbons (Fsp3) is 0.231. The number of hydrogen-bond acceptors (Lipinski definition) is 4. The minimum Gasteiger partial charge on any atom is -0.459 e. The number of Topliss-reactive ketones (excluding diaryl/α,β-unsaturated/α-hetero) is 1. The van der Waals surface area contributed by atoms with Crippen LogP contribution in [0.15, 0.2) is 42.5 Å². The highest BCUT2D eigenvalue weighted by Gasteiger charge is 2.23. The van der Waals surface area contributed by atoms with Crippen molar-refractivity contribution in [1.82, 2.24) is 0 Å². The van der Waals surface area contributed by atoms with Crippen molar-refractivity contribution in [2.75, 3.05) is 0 Å². The summed E-state index contributed by atoms with van der Waals surface area (Å²) in [4.78, 5) is 22.8. The van der Waals surface area contributed by atoms with Crippen molar-refractivity contribution in [3.8, 4) is 0 Å². The summed E-state index contributed by atoms with van der Waals surface area (Å²) in [6.45, 7) is 5.05. The van der Waals surface area contributed by atoms with Crippen LogP contribution >= 0.6 is 12.4 Å². The Morgan fingerprint density at radius 2 is 1.89 bits per heavy atom. The Morgan fingerprint density at radius 3 is 2.39 bits per heavy atom. The Balaban J connectivity index is 0.00000289. The van der Waals surface area contributed by atoms with Gasteiger partial charge in [0.25, 0.3) is 0 Å². The molecule has 2 N–H and O–H groups in total. The third-order valence-corrected chi connectivity index (χ3v) is 2.18. The fourth-order valence-corrected chi connectivity index (χ4v) is 1.19. The van der Waals surface area contributed by atoms with Crippen molar-refractivity contribution in [2.24, 2.45) is 5.73 Å². The number of nitrogens with two attached hydrogens (primary N) is 1. The first-order valence-corrected chi connectivity index (χ1v) is 5.18. The molecule has 0 amide bonds. The summed E-state index contributed by atoms with van der Waals surface area (Å²) in [6, 6.07) is 7.89. The van der Waals surface area contributed by atoms with Crippen LogP contribution in [0.25, 0.3) is 0 Å². The van der Waals surface area contributed by atoms with Crippen LogP contribution in [0.1, 0.15) is 12.5 Å². The van der Waals surface area contributed by atoms with Gasteiger partial charge in [0.15, 0.2) is 11.8 Å². The molecule has 1 aromatic rings. The Bertz CT molecular complexity index is 431. The van der Waals surface area contributed by atoms with Crippen LogP contribution in [0.5, 0.6) is 0 Å². The SMILES string of the molecule is C=C(C)C(=O)C(N)C(=O)OCc1ccccc1.Cl. The lowest BCUT2D eigenvalue weighted by Crippen LogP contribution is -2.40. The van der Waals surface area contributed by atoms with Crippen molar-refractivity contribution in [3.05, 3.63) is 48.0 Å². The number of rotatable bonds is 5. The molecule has 5 heteroatoms. The smallest absolute Gasteiger partial charge is 0.331 e. The largest absolute Gasteiger partial charge is 0.459 e. The molecule has 4 nitrogen and oxygen atoms in total. The zero-order chi connectivity index (χ0) is 12.8. The van der Waals surface area contributed by atoms with Gasteiger partial charge in [0.2, 0.25) is 0 Å². The summed E-state index contributed by atoms with van der Waals surface area (Å²) < 4.78 is 4.94. The quantitative estimate of drug-likeness (QED) is 0.501. The molecule has 0 aliphatic heterocycles. The van der Waals surface area contributed by atoms with Gasteiger partial charge in [-0.15, -0.1) is 12.4 Å². The van der Waals surface area contributed by atoms with Gasteiger partial charge in [-0.05, 0) is 18.1 Å². The van der Waals surface area contributed by atoms with E-state index in [0.29, 0.717) is 0 Å². The average molecular weight is 270 g/mol. The van der Waals surface area contributed by atoms with Crippen LogP contribution < -0.4 is 5.73 Å². The number of halogens is 1. The van der Waals surface area contributed by atoms with Crippen LogP contribution in [0.3, 0.4) is 0 Å². The minimum atomic E-state index is -1.28. The van der Waals surface area contributed by atoms with Crippen molar-refractivity contribution < 1.29 is 14.3 Å². The minimum absolute atomic E-state index is 0. The first-order chi connectivity index (χ1) is 8.02. The number of ketones is 1. The second-order valence-electron chi connectivity index (χ2n) is 3.72. The molecular weight excluding hydrogens is 254 g/mol. The average Bonchev–Trinajstić information content (AvgIpc) is 2.35. The van der Waals surface area contributed by atoms with E-state index in [0.717, 1.165) is 5.56 Å². The van der Waals surface area contributed by atoms with Gasteiger partial charge >= 0.3 is 5.97 Å². The zero-order valence-electron chi connectivity index (χ0n) is 10.1. The molecular formula is C13H16ClNO3. The standard InChI is InChI=1S/C13H15NO3.ClH/c1-9(2)12(15)11(14)13(16)17-8-10-6-4-3-5-7-10;/h3-7,11H,1,8,14H2,2H3;1H. The number of carbonyl (C=O) groups excluding carboxylic acids is 2. The highest BCUT2D eigenvalue weighted by atomic mass is 35.5. The van der Waals surface area contributed by atoms with Crippen molar-refractivity contribution in [3.63, 3.8) is 0 Å². The van der Waals surface area contributed by atoms with Crippen LogP contribution in [0, 0.1) is 0 Å². The number of ether oxygens (including phenoxy) is 1. The maximum Gasteiger partial charge on any atom is 0.331 e. The van der Waals surface area contributed by atoms with Gasteiger partial charge in [-0.2, -0.15) is 0 Å². The summed E-state index contributed by atoms with van der Waals surface area (Å²) in [5.41, 5.74) is 6.53. The van der Waals surface area contributed by atoms with Gasteiger partial charge in [0.1, 0.15) is 6.61 Å². The molecule has 1 rings (SSSR count). The molecule has 0 aliphatic rings. The Kier molecular flexibility index (Phi) is 6.93. The second-order valence-corrected chi connectivity index (χ2v) is 3.72. The van der Waals surface area contributed by atoms with E-state index in [1.807, 2.05) is 30.3 Å². The molecule has 0 saturated heterocycles. The second kappa shape index (κ2) is 7.63. The Morgan fingerprint density at radius 1 is 1.33 bits per heavy atom. The van der Waals surface area contributed by atoms with E-state index in [2.05, 4.69) is 6.58 Å². The van der Waals surface area contributed by atoms with Crippen molar-refractivity contribution in [2.45, 2.75) is 19.6 Å². The lowest BCUT2D eigenvalue weighted by molar-refractivity contribution is -0.148. The number of carbonyl (C=O) groups is 2. The molecule has 0 bridgehead atoms. The van der Waals surface area contributed by atoms with Crippen LogP contribution in [0.2, 0.25) is 0 Å². The van der Waals surface area contributed by atoms with E-state index in [-0.39, 0.29) is 24.6 Å². The molecule has 0 radical (unpaired) electrons. The number of benzene rings is 1. The molecule has 0 heterocycles. The molecule has 1 unspecified atom stereocenters. The fourth-order valence-electron chi connectivity index (χ4n) is 1.19. The summed E-state index contributed by atoms with van der Waals surface area (Å²) in [5, 5.41) is 0. The third kappa shape index (κ3) is 4.69. The van der Waals surface area contributed by atoms with E-state index in [1.165, 1.54) is 6.92 Å². The molecule has 1 atom stereocenters.